The largest absolute Gasteiger partial charge is 0.241 e. The second kappa shape index (κ2) is 3.87. The number of nitrogens with zero attached hydrogens (tertiary/aromatic N) is 3. The molecule has 0 bridgehead atoms. The van der Waals surface area contributed by atoms with Gasteiger partial charge >= 0.3 is 0 Å². The highest BCUT2D eigenvalue weighted by Crippen LogP contribution is 2.18. The van der Waals surface area contributed by atoms with E-state index in [1.54, 1.807) is 16.8 Å². The molecule has 0 amide bonds. The lowest BCUT2D eigenvalue weighted by atomic mass is 10.2. The zero-order valence-electron chi connectivity index (χ0n) is 8.11. The molecule has 1 aromatic heterocycles. The van der Waals surface area contributed by atoms with Crippen molar-refractivity contribution in [3.8, 4) is 11.8 Å². The molecule has 74 valence electrons. The fraction of sp³-hybridized carbons (Fsp3) is 0.0909. The minimum absolute atomic E-state index is 0.618. The van der Waals surface area contributed by atoms with E-state index >= 15 is 0 Å². The first-order valence-electron chi connectivity index (χ1n) is 4.42. The fourth-order valence-corrected chi connectivity index (χ4v) is 1.81. The molecule has 3 nitrogen and oxygen atoms in total. The summed E-state index contributed by atoms with van der Waals surface area (Å²) < 4.78 is 2.63. The minimum Gasteiger partial charge on any atom is -0.241 e. The summed E-state index contributed by atoms with van der Waals surface area (Å²) in [6.45, 7) is 1.93. The molecular formula is C11H8BrN3. The average molecular weight is 262 g/mol. The lowest BCUT2D eigenvalue weighted by molar-refractivity contribution is 0.861. The SMILES string of the molecule is Cc1ccn(-c2cc(Br)cc(C#N)c2)n1. The summed E-state index contributed by atoms with van der Waals surface area (Å²) in [6, 6.07) is 9.54. The first-order chi connectivity index (χ1) is 7.19. The molecule has 0 saturated carbocycles. The molecule has 15 heavy (non-hydrogen) atoms. The number of aryl methyl sites for hydroxylation is 1. The fourth-order valence-electron chi connectivity index (χ4n) is 1.33. The Hall–Kier alpha value is -1.60. The van der Waals surface area contributed by atoms with E-state index in [0.717, 1.165) is 15.9 Å². The van der Waals surface area contributed by atoms with E-state index in [1.807, 2.05) is 25.3 Å². The molecule has 4 heteroatoms. The third-order valence-electron chi connectivity index (χ3n) is 2.00. The molecule has 0 N–H and O–H groups in total. The molecule has 0 spiro atoms. The van der Waals surface area contributed by atoms with Gasteiger partial charge in [-0.1, -0.05) is 15.9 Å². The van der Waals surface area contributed by atoms with Crippen molar-refractivity contribution in [3.05, 3.63) is 46.2 Å². The monoisotopic (exact) mass is 261 g/mol. The van der Waals surface area contributed by atoms with Crippen molar-refractivity contribution >= 4 is 15.9 Å². The van der Waals surface area contributed by atoms with Crippen LogP contribution in [0.25, 0.3) is 5.69 Å². The number of hydrogen-bond donors (Lipinski definition) is 0. The summed E-state index contributed by atoms with van der Waals surface area (Å²) >= 11 is 3.37. The zero-order chi connectivity index (χ0) is 10.8. The summed E-state index contributed by atoms with van der Waals surface area (Å²) in [6.07, 6.45) is 1.87. The maximum absolute atomic E-state index is 8.84. The van der Waals surface area contributed by atoms with Crippen LogP contribution in [-0.2, 0) is 0 Å². The average Bonchev–Trinajstić information content (AvgIpc) is 2.64. The Morgan fingerprint density at radius 3 is 2.80 bits per heavy atom. The molecule has 0 radical (unpaired) electrons. The topological polar surface area (TPSA) is 41.6 Å². The zero-order valence-corrected chi connectivity index (χ0v) is 9.69. The van der Waals surface area contributed by atoms with Gasteiger partial charge in [-0.2, -0.15) is 10.4 Å². The molecule has 2 aromatic rings. The molecule has 1 aromatic carbocycles. The molecule has 0 fully saturated rings. The van der Waals surface area contributed by atoms with Crippen LogP contribution in [0.5, 0.6) is 0 Å². The predicted molar refractivity (Wildman–Crippen MR) is 60.7 cm³/mol. The van der Waals surface area contributed by atoms with Crippen molar-refractivity contribution in [2.75, 3.05) is 0 Å². The minimum atomic E-state index is 0.618. The van der Waals surface area contributed by atoms with Gasteiger partial charge in [-0.3, -0.25) is 0 Å². The van der Waals surface area contributed by atoms with Gasteiger partial charge in [0.05, 0.1) is 23.0 Å². The Bertz CT molecular complexity index is 537. The summed E-state index contributed by atoms with van der Waals surface area (Å²) in [7, 11) is 0. The lowest BCUT2D eigenvalue weighted by Crippen LogP contribution is -1.95. The van der Waals surface area contributed by atoms with E-state index in [-0.39, 0.29) is 0 Å². The van der Waals surface area contributed by atoms with Crippen LogP contribution in [0.3, 0.4) is 0 Å². The predicted octanol–water partition coefficient (Wildman–Crippen LogP) is 2.81. The van der Waals surface area contributed by atoms with E-state index in [9.17, 15) is 0 Å². The van der Waals surface area contributed by atoms with E-state index in [2.05, 4.69) is 27.1 Å². The Morgan fingerprint density at radius 2 is 2.20 bits per heavy atom. The smallest absolute Gasteiger partial charge is 0.0992 e. The second-order valence-corrected chi connectivity index (χ2v) is 4.13. The summed E-state index contributed by atoms with van der Waals surface area (Å²) in [5.74, 6) is 0. The molecule has 0 aliphatic rings. The van der Waals surface area contributed by atoms with Crippen LogP contribution in [0.2, 0.25) is 0 Å². The first-order valence-corrected chi connectivity index (χ1v) is 5.22. The molecular weight excluding hydrogens is 254 g/mol. The van der Waals surface area contributed by atoms with E-state index in [0.29, 0.717) is 5.56 Å². The van der Waals surface area contributed by atoms with Gasteiger partial charge in [0.2, 0.25) is 0 Å². The number of aromatic nitrogens is 2. The maximum Gasteiger partial charge on any atom is 0.0992 e. The van der Waals surface area contributed by atoms with Gasteiger partial charge in [0.15, 0.2) is 0 Å². The standard InChI is InChI=1S/C11H8BrN3/c1-8-2-3-15(14-8)11-5-9(7-13)4-10(12)6-11/h2-6H,1H3. The van der Waals surface area contributed by atoms with Crippen LogP contribution < -0.4 is 0 Å². The lowest BCUT2D eigenvalue weighted by Gasteiger charge is -2.02. The third-order valence-corrected chi connectivity index (χ3v) is 2.46. The first kappa shape index (κ1) is 9.94. The van der Waals surface area contributed by atoms with Crippen molar-refractivity contribution < 1.29 is 0 Å². The molecule has 0 saturated heterocycles. The quantitative estimate of drug-likeness (QED) is 0.792. The Morgan fingerprint density at radius 1 is 1.40 bits per heavy atom. The van der Waals surface area contributed by atoms with Crippen LogP contribution in [0.15, 0.2) is 34.9 Å². The van der Waals surface area contributed by atoms with Crippen molar-refractivity contribution in [2.45, 2.75) is 6.92 Å². The number of hydrogen-bond acceptors (Lipinski definition) is 2. The van der Waals surface area contributed by atoms with Gasteiger partial charge in [-0.25, -0.2) is 4.68 Å². The summed E-state index contributed by atoms with van der Waals surface area (Å²) in [5.41, 5.74) is 2.45. The number of benzene rings is 1. The molecule has 0 aliphatic carbocycles. The van der Waals surface area contributed by atoms with Gasteiger partial charge in [0.25, 0.3) is 0 Å². The second-order valence-electron chi connectivity index (χ2n) is 3.21. The van der Waals surface area contributed by atoms with Crippen LogP contribution in [0.1, 0.15) is 11.3 Å². The maximum atomic E-state index is 8.84. The third kappa shape index (κ3) is 2.08. The van der Waals surface area contributed by atoms with Gasteiger partial charge in [-0.05, 0) is 31.2 Å². The molecule has 0 unspecified atom stereocenters. The van der Waals surface area contributed by atoms with Crippen LogP contribution in [0, 0.1) is 18.3 Å². The highest BCUT2D eigenvalue weighted by molar-refractivity contribution is 9.10. The van der Waals surface area contributed by atoms with Crippen molar-refractivity contribution in [3.63, 3.8) is 0 Å². The van der Waals surface area contributed by atoms with Gasteiger partial charge < -0.3 is 0 Å². The van der Waals surface area contributed by atoms with Crippen LogP contribution in [0.4, 0.5) is 0 Å². The van der Waals surface area contributed by atoms with E-state index in [1.165, 1.54) is 0 Å². The number of nitriles is 1. The van der Waals surface area contributed by atoms with Crippen LogP contribution >= 0.6 is 15.9 Å². The Kier molecular flexibility index (Phi) is 2.57. The van der Waals surface area contributed by atoms with Crippen LogP contribution in [-0.4, -0.2) is 9.78 Å². The number of rotatable bonds is 1. The number of halogens is 1. The molecule has 0 atom stereocenters. The van der Waals surface area contributed by atoms with E-state index in [4.69, 9.17) is 5.26 Å². The van der Waals surface area contributed by atoms with Crippen molar-refractivity contribution in [1.29, 1.82) is 5.26 Å². The molecule has 0 aliphatic heterocycles. The van der Waals surface area contributed by atoms with Gasteiger partial charge in [0.1, 0.15) is 0 Å². The summed E-state index contributed by atoms with van der Waals surface area (Å²) in [4.78, 5) is 0. The van der Waals surface area contributed by atoms with Gasteiger partial charge in [-0.15, -0.1) is 0 Å². The Balaban J connectivity index is 2.54. The van der Waals surface area contributed by atoms with Gasteiger partial charge in [0, 0.05) is 10.7 Å². The summed E-state index contributed by atoms with van der Waals surface area (Å²) in [5, 5.41) is 13.1. The normalized spacial score (nSPS) is 9.93. The molecule has 2 rings (SSSR count). The van der Waals surface area contributed by atoms with Crippen molar-refractivity contribution in [2.24, 2.45) is 0 Å². The highest BCUT2D eigenvalue weighted by Gasteiger charge is 2.02. The van der Waals surface area contributed by atoms with Crippen molar-refractivity contribution in [1.82, 2.24) is 9.78 Å². The molecule has 1 heterocycles. The van der Waals surface area contributed by atoms with E-state index < -0.39 is 0 Å². The highest BCUT2D eigenvalue weighted by atomic mass is 79.9. The Labute approximate surface area is 96.1 Å².